The molecule has 0 aliphatic heterocycles. The molecule has 1 aromatic carbocycles. The number of benzene rings is 1. The van der Waals surface area contributed by atoms with Gasteiger partial charge in [-0.15, -0.1) is 0 Å². The molecule has 3 heteroatoms. The highest BCUT2D eigenvalue weighted by Crippen LogP contribution is 2.39. The number of hydrogen-bond donors (Lipinski definition) is 1. The molecule has 1 saturated carbocycles. The zero-order chi connectivity index (χ0) is 13.2. The predicted octanol–water partition coefficient (Wildman–Crippen LogP) is 4.83. The van der Waals surface area contributed by atoms with Crippen LogP contribution in [-0.4, -0.2) is 6.04 Å². The van der Waals surface area contributed by atoms with E-state index in [1.165, 1.54) is 32.1 Å². The van der Waals surface area contributed by atoms with Crippen LogP contribution in [0.4, 0.5) is 0 Å². The summed E-state index contributed by atoms with van der Waals surface area (Å²) in [5.41, 5.74) is 7.76. The predicted molar refractivity (Wildman–Crippen MR) is 79.3 cm³/mol. The molecule has 1 unspecified atom stereocenters. The molecule has 18 heavy (non-hydrogen) atoms. The first-order valence-corrected chi connectivity index (χ1v) is 7.46. The second kappa shape index (κ2) is 5.81. The smallest absolute Gasteiger partial charge is 0.0439 e. The van der Waals surface area contributed by atoms with Gasteiger partial charge in [0.25, 0.3) is 0 Å². The molecule has 1 aliphatic carbocycles. The molecule has 2 N–H and O–H groups in total. The van der Waals surface area contributed by atoms with Crippen molar-refractivity contribution in [1.82, 2.24) is 0 Å². The lowest BCUT2D eigenvalue weighted by molar-refractivity contribution is 0.169. The fraction of sp³-hybridized carbons (Fsp3) is 0.600. The van der Waals surface area contributed by atoms with Gasteiger partial charge in [0.2, 0.25) is 0 Å². The van der Waals surface area contributed by atoms with Crippen molar-refractivity contribution in [2.75, 3.05) is 0 Å². The molecule has 1 atom stereocenters. The Morgan fingerprint density at radius 3 is 2.56 bits per heavy atom. The summed E-state index contributed by atoms with van der Waals surface area (Å²) in [6, 6.07) is 5.78. The van der Waals surface area contributed by atoms with Gasteiger partial charge in [0.15, 0.2) is 0 Å². The molecule has 1 aromatic rings. The van der Waals surface area contributed by atoms with E-state index in [0.29, 0.717) is 0 Å². The third kappa shape index (κ3) is 3.20. The summed E-state index contributed by atoms with van der Waals surface area (Å²) in [4.78, 5) is 0. The van der Waals surface area contributed by atoms with Crippen LogP contribution in [0.25, 0.3) is 0 Å². The van der Waals surface area contributed by atoms with Gasteiger partial charge in [0, 0.05) is 16.1 Å². The van der Waals surface area contributed by atoms with E-state index < -0.39 is 0 Å². The van der Waals surface area contributed by atoms with Gasteiger partial charge in [-0.3, -0.25) is 0 Å². The van der Waals surface area contributed by atoms with Gasteiger partial charge in [-0.25, -0.2) is 0 Å². The topological polar surface area (TPSA) is 26.0 Å². The van der Waals surface area contributed by atoms with E-state index in [1.54, 1.807) is 0 Å². The highest BCUT2D eigenvalue weighted by atomic mass is 35.5. The first kappa shape index (κ1) is 14.2. The van der Waals surface area contributed by atoms with E-state index >= 15 is 0 Å². The van der Waals surface area contributed by atoms with Crippen LogP contribution in [0.1, 0.15) is 44.6 Å². The molecule has 1 fully saturated rings. The molecular weight excluding hydrogens is 265 g/mol. The van der Waals surface area contributed by atoms with Crippen LogP contribution in [0.2, 0.25) is 10.0 Å². The highest BCUT2D eigenvalue weighted by molar-refractivity contribution is 6.33. The van der Waals surface area contributed by atoms with Crippen molar-refractivity contribution in [3.8, 4) is 0 Å². The van der Waals surface area contributed by atoms with Crippen LogP contribution >= 0.6 is 23.2 Å². The zero-order valence-electron chi connectivity index (χ0n) is 10.9. The summed E-state index contributed by atoms with van der Waals surface area (Å²) in [7, 11) is 0. The quantitative estimate of drug-likeness (QED) is 0.845. The van der Waals surface area contributed by atoms with E-state index in [9.17, 15) is 0 Å². The summed E-state index contributed by atoms with van der Waals surface area (Å²) in [6.07, 6.45) is 7.22. The second-order valence-electron chi connectivity index (χ2n) is 5.76. The molecule has 0 bridgehead atoms. The summed E-state index contributed by atoms with van der Waals surface area (Å²) in [5.74, 6) is 0. The molecule has 0 saturated heterocycles. The van der Waals surface area contributed by atoms with E-state index in [4.69, 9.17) is 28.9 Å². The summed E-state index contributed by atoms with van der Waals surface area (Å²) in [6.45, 7) is 2.31. The minimum Gasteiger partial charge on any atom is -0.327 e. The van der Waals surface area contributed by atoms with Crippen molar-refractivity contribution in [3.63, 3.8) is 0 Å². The van der Waals surface area contributed by atoms with Crippen molar-refractivity contribution in [1.29, 1.82) is 0 Å². The molecule has 2 rings (SSSR count). The lowest BCUT2D eigenvalue weighted by Crippen LogP contribution is -2.42. The Morgan fingerprint density at radius 2 is 1.89 bits per heavy atom. The molecule has 100 valence electrons. The van der Waals surface area contributed by atoms with E-state index in [2.05, 4.69) is 6.92 Å². The monoisotopic (exact) mass is 285 g/mol. The summed E-state index contributed by atoms with van der Waals surface area (Å²) in [5, 5.41) is 1.50. The van der Waals surface area contributed by atoms with Crippen molar-refractivity contribution >= 4 is 23.2 Å². The Kier molecular flexibility index (Phi) is 4.58. The van der Waals surface area contributed by atoms with Crippen LogP contribution in [0.15, 0.2) is 18.2 Å². The van der Waals surface area contributed by atoms with E-state index in [0.717, 1.165) is 22.0 Å². The van der Waals surface area contributed by atoms with Gasteiger partial charge in [0.1, 0.15) is 0 Å². The standard InChI is InChI=1S/C15H21Cl2N/c1-15(7-3-2-4-8-15)14(18)10-11-9-12(16)5-6-13(11)17/h5-6,9,14H,2-4,7-8,10,18H2,1H3. The van der Waals surface area contributed by atoms with Gasteiger partial charge < -0.3 is 5.73 Å². The normalized spacial score (nSPS) is 20.7. The Labute approximate surface area is 120 Å². The number of nitrogens with two attached hydrogens (primary N) is 1. The van der Waals surface area contributed by atoms with Crippen LogP contribution in [0, 0.1) is 5.41 Å². The van der Waals surface area contributed by atoms with Crippen LogP contribution in [0.3, 0.4) is 0 Å². The Bertz CT molecular complexity index is 411. The maximum atomic E-state index is 6.43. The van der Waals surface area contributed by atoms with Gasteiger partial charge >= 0.3 is 0 Å². The van der Waals surface area contributed by atoms with E-state index in [1.807, 2.05) is 18.2 Å². The minimum atomic E-state index is 0.161. The van der Waals surface area contributed by atoms with Crippen molar-refractivity contribution in [3.05, 3.63) is 33.8 Å². The average Bonchev–Trinajstić information content (AvgIpc) is 2.35. The number of rotatable bonds is 3. The third-order valence-electron chi connectivity index (χ3n) is 4.34. The molecule has 1 aliphatic rings. The lowest BCUT2D eigenvalue weighted by Gasteiger charge is -2.39. The number of halogens is 2. The van der Waals surface area contributed by atoms with Gasteiger partial charge in [-0.05, 0) is 48.4 Å². The molecule has 0 radical (unpaired) electrons. The Hall–Kier alpha value is -0.240. The largest absolute Gasteiger partial charge is 0.327 e. The molecule has 0 aromatic heterocycles. The zero-order valence-corrected chi connectivity index (χ0v) is 12.4. The van der Waals surface area contributed by atoms with Gasteiger partial charge in [-0.1, -0.05) is 49.4 Å². The maximum absolute atomic E-state index is 6.43. The van der Waals surface area contributed by atoms with Crippen molar-refractivity contribution in [2.24, 2.45) is 11.1 Å². The van der Waals surface area contributed by atoms with Crippen LogP contribution in [-0.2, 0) is 6.42 Å². The lowest BCUT2D eigenvalue weighted by atomic mass is 9.69. The average molecular weight is 286 g/mol. The highest BCUT2D eigenvalue weighted by Gasteiger charge is 2.33. The SMILES string of the molecule is CC1(C(N)Cc2cc(Cl)ccc2Cl)CCCCC1. The Morgan fingerprint density at radius 1 is 1.22 bits per heavy atom. The molecule has 0 spiro atoms. The molecule has 0 heterocycles. The molecule has 1 nitrogen and oxygen atoms in total. The number of hydrogen-bond acceptors (Lipinski definition) is 1. The summed E-state index contributed by atoms with van der Waals surface area (Å²) >= 11 is 12.2. The Balaban J connectivity index is 2.10. The molecule has 0 amide bonds. The maximum Gasteiger partial charge on any atom is 0.0439 e. The minimum absolute atomic E-state index is 0.161. The van der Waals surface area contributed by atoms with Gasteiger partial charge in [0.05, 0.1) is 0 Å². The third-order valence-corrected chi connectivity index (χ3v) is 4.94. The van der Waals surface area contributed by atoms with Crippen molar-refractivity contribution < 1.29 is 0 Å². The van der Waals surface area contributed by atoms with Crippen LogP contribution in [0.5, 0.6) is 0 Å². The molecular formula is C15H21Cl2N. The first-order valence-electron chi connectivity index (χ1n) is 6.71. The van der Waals surface area contributed by atoms with Crippen molar-refractivity contribution in [2.45, 2.75) is 51.5 Å². The second-order valence-corrected chi connectivity index (χ2v) is 6.60. The fourth-order valence-corrected chi connectivity index (χ4v) is 3.30. The van der Waals surface area contributed by atoms with E-state index in [-0.39, 0.29) is 11.5 Å². The summed E-state index contributed by atoms with van der Waals surface area (Å²) < 4.78 is 0. The van der Waals surface area contributed by atoms with Gasteiger partial charge in [-0.2, -0.15) is 0 Å². The fourth-order valence-electron chi connectivity index (χ4n) is 2.91. The van der Waals surface area contributed by atoms with Crippen LogP contribution < -0.4 is 5.73 Å². The first-order chi connectivity index (χ1) is 8.51.